The van der Waals surface area contributed by atoms with Gasteiger partial charge in [0.15, 0.2) is 5.96 Å². The second-order valence-corrected chi connectivity index (χ2v) is 6.29. The maximum absolute atomic E-state index is 4.62. The average molecular weight is 316 g/mol. The topological polar surface area (TPSA) is 39.7 Å². The van der Waals surface area contributed by atoms with Crippen LogP contribution in [0.1, 0.15) is 51.5 Å². The zero-order chi connectivity index (χ0) is 16.5. The number of benzene rings is 1. The molecule has 0 saturated heterocycles. The average Bonchev–Trinajstić information content (AvgIpc) is 2.61. The van der Waals surface area contributed by atoms with Crippen molar-refractivity contribution in [3.63, 3.8) is 0 Å². The highest BCUT2D eigenvalue weighted by Gasteiger charge is 2.18. The second kappa shape index (κ2) is 9.43. The molecule has 0 amide bonds. The zero-order valence-corrected chi connectivity index (χ0v) is 14.9. The molecule has 1 aromatic rings. The molecule has 0 radical (unpaired) electrons. The lowest BCUT2D eigenvalue weighted by Crippen LogP contribution is -2.36. The van der Waals surface area contributed by atoms with Crippen LogP contribution in [0.4, 0.5) is 5.69 Å². The van der Waals surface area contributed by atoms with Gasteiger partial charge in [-0.3, -0.25) is 0 Å². The molecule has 0 aliphatic heterocycles. The molecule has 1 aliphatic rings. The largest absolute Gasteiger partial charge is 0.372 e. The van der Waals surface area contributed by atoms with Crippen molar-refractivity contribution in [2.75, 3.05) is 25.0 Å². The minimum absolute atomic E-state index is 0.710. The van der Waals surface area contributed by atoms with E-state index in [1.165, 1.54) is 43.4 Å². The predicted molar refractivity (Wildman–Crippen MR) is 100 cm³/mol. The van der Waals surface area contributed by atoms with Gasteiger partial charge in [0.25, 0.3) is 0 Å². The van der Waals surface area contributed by atoms with E-state index in [0.717, 1.165) is 19.0 Å². The Hall–Kier alpha value is -1.71. The summed E-state index contributed by atoms with van der Waals surface area (Å²) in [6, 6.07) is 9.59. The van der Waals surface area contributed by atoms with Gasteiger partial charge in [-0.1, -0.05) is 31.4 Å². The van der Waals surface area contributed by atoms with Gasteiger partial charge in [0, 0.05) is 31.9 Å². The summed E-state index contributed by atoms with van der Waals surface area (Å²) in [5, 5.41) is 6.51. The Bertz CT molecular complexity index is 467. The first-order valence-electron chi connectivity index (χ1n) is 9.08. The van der Waals surface area contributed by atoms with Gasteiger partial charge in [0.2, 0.25) is 0 Å². The quantitative estimate of drug-likeness (QED) is 0.623. The molecular weight excluding hydrogens is 284 g/mol. The number of anilines is 1. The van der Waals surface area contributed by atoms with Crippen molar-refractivity contribution < 1.29 is 0 Å². The molecule has 0 aromatic heterocycles. The molecule has 4 heteroatoms. The number of guanidine groups is 1. The molecule has 1 saturated carbocycles. The van der Waals surface area contributed by atoms with Gasteiger partial charge < -0.3 is 15.5 Å². The van der Waals surface area contributed by atoms with Crippen LogP contribution in [0.15, 0.2) is 29.3 Å². The van der Waals surface area contributed by atoms with E-state index >= 15 is 0 Å². The molecule has 0 unspecified atom stereocenters. The van der Waals surface area contributed by atoms with Crippen LogP contribution in [0.3, 0.4) is 0 Å². The Kier molecular flexibility index (Phi) is 7.24. The number of nitrogens with zero attached hydrogens (tertiary/aromatic N) is 2. The number of hydrogen-bond donors (Lipinski definition) is 2. The third-order valence-electron chi connectivity index (χ3n) is 4.57. The first-order chi connectivity index (χ1) is 11.2. The van der Waals surface area contributed by atoms with Gasteiger partial charge in [-0.2, -0.15) is 0 Å². The highest BCUT2D eigenvalue weighted by atomic mass is 15.2. The molecule has 0 bridgehead atoms. The van der Waals surface area contributed by atoms with E-state index in [4.69, 9.17) is 0 Å². The monoisotopic (exact) mass is 316 g/mol. The van der Waals surface area contributed by atoms with Gasteiger partial charge in [-0.15, -0.1) is 0 Å². The van der Waals surface area contributed by atoms with Crippen LogP contribution in [0.25, 0.3) is 0 Å². The summed E-state index contributed by atoms with van der Waals surface area (Å²) in [6.45, 7) is 6.65. The van der Waals surface area contributed by atoms with Crippen molar-refractivity contribution in [1.82, 2.24) is 10.6 Å². The van der Waals surface area contributed by atoms with Gasteiger partial charge in [0.1, 0.15) is 0 Å². The summed E-state index contributed by atoms with van der Waals surface area (Å²) < 4.78 is 0. The summed E-state index contributed by atoms with van der Waals surface area (Å²) in [5.74, 6) is 0.887. The minimum atomic E-state index is 0.710. The van der Waals surface area contributed by atoms with E-state index < -0.39 is 0 Å². The van der Waals surface area contributed by atoms with Crippen LogP contribution in [-0.4, -0.2) is 32.1 Å². The van der Waals surface area contributed by atoms with Crippen LogP contribution < -0.4 is 15.5 Å². The van der Waals surface area contributed by atoms with Crippen LogP contribution in [-0.2, 0) is 6.54 Å². The van der Waals surface area contributed by atoms with E-state index in [0.29, 0.717) is 12.6 Å². The smallest absolute Gasteiger partial charge is 0.191 e. The number of hydrogen-bond acceptors (Lipinski definition) is 2. The highest BCUT2D eigenvalue weighted by molar-refractivity contribution is 5.79. The van der Waals surface area contributed by atoms with Crippen molar-refractivity contribution in [3.05, 3.63) is 29.8 Å². The van der Waals surface area contributed by atoms with Crippen LogP contribution in [0.2, 0.25) is 0 Å². The van der Waals surface area contributed by atoms with Crippen LogP contribution in [0, 0.1) is 0 Å². The second-order valence-electron chi connectivity index (χ2n) is 6.29. The van der Waals surface area contributed by atoms with E-state index in [-0.39, 0.29) is 0 Å². The predicted octanol–water partition coefficient (Wildman–Crippen LogP) is 3.53. The normalized spacial score (nSPS) is 15.1. The molecule has 128 valence electrons. The van der Waals surface area contributed by atoms with E-state index in [9.17, 15) is 0 Å². The fraction of sp³-hybridized carbons (Fsp3) is 0.632. The lowest BCUT2D eigenvalue weighted by atomic mass is 9.94. The van der Waals surface area contributed by atoms with Gasteiger partial charge >= 0.3 is 0 Å². The molecule has 4 nitrogen and oxygen atoms in total. The summed E-state index contributed by atoms with van der Waals surface area (Å²) >= 11 is 0. The van der Waals surface area contributed by atoms with Crippen molar-refractivity contribution in [1.29, 1.82) is 0 Å². The van der Waals surface area contributed by atoms with E-state index in [1.807, 2.05) is 0 Å². The Morgan fingerprint density at radius 3 is 2.22 bits per heavy atom. The molecule has 2 N–H and O–H groups in total. The molecule has 0 atom stereocenters. The Balaban J connectivity index is 1.94. The van der Waals surface area contributed by atoms with Crippen LogP contribution in [0.5, 0.6) is 0 Å². The van der Waals surface area contributed by atoms with E-state index in [2.05, 4.69) is 65.7 Å². The number of nitrogens with one attached hydrogen (secondary N) is 2. The lowest BCUT2D eigenvalue weighted by Gasteiger charge is -2.33. The van der Waals surface area contributed by atoms with Crippen molar-refractivity contribution in [2.24, 2.45) is 4.99 Å². The zero-order valence-electron chi connectivity index (χ0n) is 14.9. The molecule has 1 aromatic carbocycles. The van der Waals surface area contributed by atoms with Crippen molar-refractivity contribution in [3.8, 4) is 0 Å². The molecular formula is C19H32N4. The molecule has 0 spiro atoms. The van der Waals surface area contributed by atoms with Crippen molar-refractivity contribution in [2.45, 2.75) is 58.5 Å². The first kappa shape index (κ1) is 17.6. The molecule has 1 aliphatic carbocycles. The van der Waals surface area contributed by atoms with Gasteiger partial charge in [-0.25, -0.2) is 4.99 Å². The van der Waals surface area contributed by atoms with Gasteiger partial charge in [0.05, 0.1) is 6.54 Å². The highest BCUT2D eigenvalue weighted by Crippen LogP contribution is 2.26. The van der Waals surface area contributed by atoms with Crippen LogP contribution >= 0.6 is 0 Å². The Labute approximate surface area is 141 Å². The third kappa shape index (κ3) is 5.45. The summed E-state index contributed by atoms with van der Waals surface area (Å²) in [6.07, 6.45) is 6.81. The fourth-order valence-corrected chi connectivity index (χ4v) is 3.20. The maximum atomic E-state index is 4.62. The Morgan fingerprint density at radius 1 is 1.04 bits per heavy atom. The summed E-state index contributed by atoms with van der Waals surface area (Å²) in [7, 11) is 2.23. The van der Waals surface area contributed by atoms with Gasteiger partial charge in [-0.05, 0) is 44.4 Å². The third-order valence-corrected chi connectivity index (χ3v) is 4.57. The summed E-state index contributed by atoms with van der Waals surface area (Å²) in [5.41, 5.74) is 2.57. The van der Waals surface area contributed by atoms with Crippen molar-refractivity contribution >= 4 is 11.6 Å². The summed E-state index contributed by atoms with van der Waals surface area (Å²) in [4.78, 5) is 7.07. The molecule has 1 fully saturated rings. The number of aliphatic imine (C=N–C) groups is 1. The molecule has 2 rings (SSSR count). The maximum Gasteiger partial charge on any atom is 0.191 e. The lowest BCUT2D eigenvalue weighted by molar-refractivity contribution is 0.427. The standard InChI is InChI=1S/C19H32N4/c1-4-20-19(21-5-2)22-15-16-11-13-18(14-12-16)23(3)17-9-7-6-8-10-17/h11-14,17H,4-10,15H2,1-3H3,(H2,20,21,22). The SMILES string of the molecule is CCNC(=NCc1ccc(N(C)C2CCCCC2)cc1)NCC. The molecule has 0 heterocycles. The fourth-order valence-electron chi connectivity index (χ4n) is 3.20. The molecule has 23 heavy (non-hydrogen) atoms. The van der Waals surface area contributed by atoms with E-state index in [1.54, 1.807) is 0 Å². The first-order valence-corrected chi connectivity index (χ1v) is 9.08. The minimum Gasteiger partial charge on any atom is -0.372 e. The number of rotatable bonds is 6. The Morgan fingerprint density at radius 2 is 1.65 bits per heavy atom.